The predicted octanol–water partition coefficient (Wildman–Crippen LogP) is 0.870. The summed E-state index contributed by atoms with van der Waals surface area (Å²) in [7, 11) is 0. The summed E-state index contributed by atoms with van der Waals surface area (Å²) in [5.41, 5.74) is 5.86. The average Bonchev–Trinajstić information content (AvgIpc) is 2.49. The summed E-state index contributed by atoms with van der Waals surface area (Å²) >= 11 is 0. The third-order valence-corrected chi connectivity index (χ3v) is 2.52. The van der Waals surface area contributed by atoms with Gasteiger partial charge in [-0.3, -0.25) is 10.1 Å². The largest absolute Gasteiger partial charge is 0.378 e. The molecule has 0 aliphatic carbocycles. The van der Waals surface area contributed by atoms with Gasteiger partial charge in [0.05, 0.1) is 43.0 Å². The second kappa shape index (κ2) is 9.66. The predicted molar refractivity (Wildman–Crippen MR) is 77.0 cm³/mol. The molecule has 8 nitrogen and oxygen atoms in total. The summed E-state index contributed by atoms with van der Waals surface area (Å²) in [6.07, 6.45) is 0. The van der Waals surface area contributed by atoms with E-state index in [0.717, 1.165) is 0 Å². The van der Waals surface area contributed by atoms with E-state index in [4.69, 9.17) is 20.5 Å². The molecule has 0 unspecified atom stereocenters. The number of nitriles is 1. The first-order valence-electron chi connectivity index (χ1n) is 6.47. The normalized spacial score (nSPS) is 10.1. The van der Waals surface area contributed by atoms with Crippen molar-refractivity contribution in [1.29, 1.82) is 5.26 Å². The number of benzene rings is 1. The molecule has 0 aliphatic heterocycles. The number of nitro groups is 1. The van der Waals surface area contributed by atoms with Crippen LogP contribution in [0.3, 0.4) is 0 Å². The molecule has 0 bridgehead atoms. The summed E-state index contributed by atoms with van der Waals surface area (Å²) in [5, 5.41) is 22.6. The topological polar surface area (TPSA) is 123 Å². The van der Waals surface area contributed by atoms with Crippen molar-refractivity contribution in [1.82, 2.24) is 0 Å². The maximum Gasteiger partial charge on any atom is 0.292 e. The van der Waals surface area contributed by atoms with Gasteiger partial charge in [0.1, 0.15) is 5.69 Å². The van der Waals surface area contributed by atoms with Gasteiger partial charge in [-0.2, -0.15) is 5.26 Å². The highest BCUT2D eigenvalue weighted by Gasteiger charge is 2.13. The van der Waals surface area contributed by atoms with Crippen molar-refractivity contribution in [3.8, 4) is 6.07 Å². The Morgan fingerprint density at radius 2 is 2.00 bits per heavy atom. The fourth-order valence-electron chi connectivity index (χ4n) is 1.57. The molecule has 0 radical (unpaired) electrons. The summed E-state index contributed by atoms with van der Waals surface area (Å²) in [6, 6.07) is 6.11. The van der Waals surface area contributed by atoms with Gasteiger partial charge in [0.2, 0.25) is 0 Å². The SMILES string of the molecule is N#Cc1ccc([N+](=O)[O-])c(NCCOCCOCCN)c1. The van der Waals surface area contributed by atoms with Crippen molar-refractivity contribution < 1.29 is 14.4 Å². The van der Waals surface area contributed by atoms with E-state index in [1.807, 2.05) is 6.07 Å². The maximum absolute atomic E-state index is 10.9. The standard InChI is InChI=1S/C13H18N4O4/c14-3-5-20-7-8-21-6-4-16-12-9-11(10-15)1-2-13(12)17(18)19/h1-2,9,16H,3-8,14H2. The van der Waals surface area contributed by atoms with Crippen LogP contribution in [-0.4, -0.2) is 44.4 Å². The number of hydrogen-bond donors (Lipinski definition) is 2. The van der Waals surface area contributed by atoms with Crippen LogP contribution in [0.15, 0.2) is 18.2 Å². The molecule has 0 saturated heterocycles. The van der Waals surface area contributed by atoms with E-state index in [9.17, 15) is 10.1 Å². The second-order valence-electron chi connectivity index (χ2n) is 4.04. The first kappa shape index (κ1) is 16.8. The van der Waals surface area contributed by atoms with E-state index in [2.05, 4.69) is 5.32 Å². The molecule has 1 aromatic rings. The summed E-state index contributed by atoms with van der Waals surface area (Å²) in [5.74, 6) is 0. The molecule has 3 N–H and O–H groups in total. The minimum atomic E-state index is -0.495. The lowest BCUT2D eigenvalue weighted by molar-refractivity contribution is -0.384. The Kier molecular flexibility index (Phi) is 7.74. The lowest BCUT2D eigenvalue weighted by atomic mass is 10.2. The van der Waals surface area contributed by atoms with Crippen LogP contribution in [0.4, 0.5) is 11.4 Å². The molecular weight excluding hydrogens is 276 g/mol. The van der Waals surface area contributed by atoms with Crippen LogP contribution < -0.4 is 11.1 Å². The van der Waals surface area contributed by atoms with Gasteiger partial charge in [-0.1, -0.05) is 0 Å². The molecule has 0 aromatic heterocycles. The van der Waals surface area contributed by atoms with Gasteiger partial charge < -0.3 is 20.5 Å². The molecule has 21 heavy (non-hydrogen) atoms. The van der Waals surface area contributed by atoms with Gasteiger partial charge >= 0.3 is 0 Å². The van der Waals surface area contributed by atoms with E-state index in [0.29, 0.717) is 50.8 Å². The van der Waals surface area contributed by atoms with Gasteiger partial charge in [0.25, 0.3) is 5.69 Å². The van der Waals surface area contributed by atoms with E-state index in [1.54, 1.807) is 0 Å². The Labute approximate surface area is 122 Å². The first-order valence-corrected chi connectivity index (χ1v) is 6.47. The quantitative estimate of drug-likeness (QED) is 0.373. The van der Waals surface area contributed by atoms with Gasteiger partial charge in [0, 0.05) is 19.2 Å². The number of nitrogens with one attached hydrogen (secondary N) is 1. The number of rotatable bonds is 10. The van der Waals surface area contributed by atoms with Crippen molar-refractivity contribution in [2.75, 3.05) is 44.8 Å². The van der Waals surface area contributed by atoms with Crippen LogP contribution in [0.1, 0.15) is 5.56 Å². The molecule has 8 heteroatoms. The van der Waals surface area contributed by atoms with Crippen LogP contribution >= 0.6 is 0 Å². The van der Waals surface area contributed by atoms with Crippen molar-refractivity contribution >= 4 is 11.4 Å². The molecule has 0 heterocycles. The van der Waals surface area contributed by atoms with Crippen molar-refractivity contribution in [3.63, 3.8) is 0 Å². The van der Waals surface area contributed by atoms with Gasteiger partial charge in [-0.05, 0) is 12.1 Å². The Balaban J connectivity index is 2.37. The van der Waals surface area contributed by atoms with Crippen LogP contribution in [0.2, 0.25) is 0 Å². The average molecular weight is 294 g/mol. The zero-order chi connectivity index (χ0) is 15.5. The number of anilines is 1. The van der Waals surface area contributed by atoms with E-state index in [1.165, 1.54) is 18.2 Å². The lowest BCUT2D eigenvalue weighted by Gasteiger charge is -2.08. The molecular formula is C13H18N4O4. The molecule has 1 rings (SSSR count). The zero-order valence-corrected chi connectivity index (χ0v) is 11.6. The Morgan fingerprint density at radius 1 is 1.29 bits per heavy atom. The zero-order valence-electron chi connectivity index (χ0n) is 11.6. The van der Waals surface area contributed by atoms with Crippen LogP contribution in [0.5, 0.6) is 0 Å². The molecule has 0 atom stereocenters. The highest BCUT2D eigenvalue weighted by atomic mass is 16.6. The molecule has 0 amide bonds. The highest BCUT2D eigenvalue weighted by Crippen LogP contribution is 2.24. The monoisotopic (exact) mass is 294 g/mol. The summed E-state index contributed by atoms with van der Waals surface area (Å²) < 4.78 is 10.4. The Hall–Kier alpha value is -2.21. The van der Waals surface area contributed by atoms with Gasteiger partial charge in [-0.25, -0.2) is 0 Å². The number of nitrogens with two attached hydrogens (primary N) is 1. The van der Waals surface area contributed by atoms with Crippen molar-refractivity contribution in [3.05, 3.63) is 33.9 Å². The fourth-order valence-corrected chi connectivity index (χ4v) is 1.57. The van der Waals surface area contributed by atoms with E-state index >= 15 is 0 Å². The molecule has 0 fully saturated rings. The third-order valence-electron chi connectivity index (χ3n) is 2.52. The van der Waals surface area contributed by atoms with Crippen molar-refractivity contribution in [2.45, 2.75) is 0 Å². The minimum absolute atomic E-state index is 0.0692. The molecule has 114 valence electrons. The van der Waals surface area contributed by atoms with E-state index < -0.39 is 4.92 Å². The molecule has 0 saturated carbocycles. The highest BCUT2D eigenvalue weighted by molar-refractivity contribution is 5.64. The van der Waals surface area contributed by atoms with Gasteiger partial charge in [0.15, 0.2) is 0 Å². The Morgan fingerprint density at radius 3 is 2.62 bits per heavy atom. The smallest absolute Gasteiger partial charge is 0.292 e. The Bertz CT molecular complexity index is 501. The first-order chi connectivity index (χ1) is 10.2. The number of ether oxygens (including phenoxy) is 2. The lowest BCUT2D eigenvalue weighted by Crippen LogP contribution is -2.15. The van der Waals surface area contributed by atoms with Crippen LogP contribution in [0.25, 0.3) is 0 Å². The fraction of sp³-hybridized carbons (Fsp3) is 0.462. The van der Waals surface area contributed by atoms with Crippen LogP contribution in [-0.2, 0) is 9.47 Å². The third kappa shape index (κ3) is 6.18. The summed E-state index contributed by atoms with van der Waals surface area (Å²) in [4.78, 5) is 10.4. The van der Waals surface area contributed by atoms with Crippen molar-refractivity contribution in [2.24, 2.45) is 5.73 Å². The van der Waals surface area contributed by atoms with Gasteiger partial charge in [-0.15, -0.1) is 0 Å². The minimum Gasteiger partial charge on any atom is -0.378 e. The summed E-state index contributed by atoms with van der Waals surface area (Å²) in [6.45, 7) is 2.63. The van der Waals surface area contributed by atoms with Crippen LogP contribution in [0, 0.1) is 21.4 Å². The number of nitrogens with zero attached hydrogens (tertiary/aromatic N) is 2. The maximum atomic E-state index is 10.9. The van der Waals surface area contributed by atoms with E-state index in [-0.39, 0.29) is 5.69 Å². The molecule has 1 aromatic carbocycles. The number of nitro benzene ring substituents is 1. The molecule has 0 spiro atoms. The number of hydrogen-bond acceptors (Lipinski definition) is 7. The molecule has 0 aliphatic rings. The second-order valence-corrected chi connectivity index (χ2v) is 4.04.